The molecule has 1 aromatic rings. The summed E-state index contributed by atoms with van der Waals surface area (Å²) in [5, 5.41) is 3.29. The van der Waals surface area contributed by atoms with Gasteiger partial charge in [0.1, 0.15) is 0 Å². The molecule has 1 atom stereocenters. The number of nitrogens with one attached hydrogen (secondary N) is 1. The van der Waals surface area contributed by atoms with Crippen molar-refractivity contribution in [3.63, 3.8) is 0 Å². The van der Waals surface area contributed by atoms with E-state index in [2.05, 4.69) is 5.32 Å². The van der Waals surface area contributed by atoms with Gasteiger partial charge in [-0.05, 0) is 57.5 Å². The van der Waals surface area contributed by atoms with Gasteiger partial charge in [-0.3, -0.25) is 4.79 Å². The van der Waals surface area contributed by atoms with Gasteiger partial charge in [-0.25, -0.2) is 8.78 Å². The first-order valence-corrected chi connectivity index (χ1v) is 7.92. The first-order valence-electron chi connectivity index (χ1n) is 7.92. The Morgan fingerprint density at radius 2 is 1.91 bits per heavy atom. The molecule has 1 N–H and O–H groups in total. The number of carbonyl (C=O) groups excluding carboxylic acids is 1. The number of nitrogens with zero attached hydrogens (tertiary/aromatic N) is 1. The second-order valence-electron chi connectivity index (χ2n) is 6.68. The van der Waals surface area contributed by atoms with Crippen LogP contribution in [0.2, 0.25) is 0 Å². The minimum Gasteiger partial charge on any atom is -0.339 e. The van der Waals surface area contributed by atoms with Gasteiger partial charge >= 0.3 is 0 Å². The van der Waals surface area contributed by atoms with Crippen molar-refractivity contribution in [1.29, 1.82) is 0 Å². The lowest BCUT2D eigenvalue weighted by Crippen LogP contribution is -2.45. The van der Waals surface area contributed by atoms with E-state index in [0.717, 1.165) is 31.5 Å². The maximum atomic E-state index is 13.7. The third-order valence-corrected chi connectivity index (χ3v) is 5.20. The number of hydrogen-bond acceptors (Lipinski definition) is 2. The summed E-state index contributed by atoms with van der Waals surface area (Å²) in [6.45, 7) is 6.16. The molecule has 2 aliphatic rings. The van der Waals surface area contributed by atoms with Crippen LogP contribution in [0.3, 0.4) is 0 Å². The van der Waals surface area contributed by atoms with E-state index < -0.39 is 17.0 Å². The van der Waals surface area contributed by atoms with E-state index >= 15 is 0 Å². The van der Waals surface area contributed by atoms with Crippen LogP contribution in [0.4, 0.5) is 8.78 Å². The molecule has 3 nitrogen and oxygen atoms in total. The average Bonchev–Trinajstić information content (AvgIpc) is 2.77. The molecule has 1 unspecified atom stereocenters. The standard InChI is InChI=1S/C17H22F2N2O/c1-11(2)21-10-13(12-3-4-14(18)15(19)9-12)17(16(21)22)5-7-20-8-6-17/h3-4,9,11,13,20H,5-8,10H2,1-2H3. The van der Waals surface area contributed by atoms with Gasteiger partial charge < -0.3 is 10.2 Å². The van der Waals surface area contributed by atoms with Crippen molar-refractivity contribution in [2.45, 2.75) is 38.6 Å². The van der Waals surface area contributed by atoms with E-state index in [1.54, 1.807) is 6.07 Å². The first kappa shape index (κ1) is 15.4. The van der Waals surface area contributed by atoms with Gasteiger partial charge in [-0.15, -0.1) is 0 Å². The molecule has 120 valence electrons. The number of likely N-dealkylation sites (tertiary alicyclic amines) is 1. The predicted molar refractivity (Wildman–Crippen MR) is 80.5 cm³/mol. The Morgan fingerprint density at radius 1 is 1.23 bits per heavy atom. The molecule has 1 spiro atoms. The molecule has 5 heteroatoms. The maximum absolute atomic E-state index is 13.7. The van der Waals surface area contributed by atoms with Crippen molar-refractivity contribution < 1.29 is 13.6 Å². The third-order valence-electron chi connectivity index (χ3n) is 5.20. The molecule has 2 saturated heterocycles. The molecule has 3 rings (SSSR count). The van der Waals surface area contributed by atoms with Crippen molar-refractivity contribution in [3.8, 4) is 0 Å². The van der Waals surface area contributed by atoms with E-state index in [4.69, 9.17) is 0 Å². The zero-order valence-corrected chi connectivity index (χ0v) is 13.0. The van der Waals surface area contributed by atoms with Crippen LogP contribution in [0.5, 0.6) is 0 Å². The highest BCUT2D eigenvalue weighted by Gasteiger charge is 2.54. The Labute approximate surface area is 129 Å². The fourth-order valence-electron chi connectivity index (χ4n) is 3.92. The van der Waals surface area contributed by atoms with Gasteiger partial charge in [0.15, 0.2) is 11.6 Å². The molecule has 0 radical (unpaired) electrons. The van der Waals surface area contributed by atoms with Crippen molar-refractivity contribution in [3.05, 3.63) is 35.4 Å². The SMILES string of the molecule is CC(C)N1CC(c2ccc(F)c(F)c2)C2(CCNCC2)C1=O. The summed E-state index contributed by atoms with van der Waals surface area (Å²) in [4.78, 5) is 14.9. The van der Waals surface area contributed by atoms with E-state index in [1.807, 2.05) is 18.7 Å². The summed E-state index contributed by atoms with van der Waals surface area (Å²) in [5.41, 5.74) is 0.261. The summed E-state index contributed by atoms with van der Waals surface area (Å²) >= 11 is 0. The van der Waals surface area contributed by atoms with E-state index in [-0.39, 0.29) is 17.9 Å². The smallest absolute Gasteiger partial charge is 0.229 e. The molecule has 1 aromatic carbocycles. The first-order chi connectivity index (χ1) is 10.5. The van der Waals surface area contributed by atoms with Gasteiger partial charge in [0.2, 0.25) is 5.91 Å². The van der Waals surface area contributed by atoms with Gasteiger partial charge in [0.25, 0.3) is 0 Å². The highest BCUT2D eigenvalue weighted by molar-refractivity contribution is 5.87. The zero-order valence-electron chi connectivity index (χ0n) is 13.0. The third kappa shape index (κ3) is 2.32. The monoisotopic (exact) mass is 308 g/mol. The number of hydrogen-bond donors (Lipinski definition) is 1. The molecule has 2 heterocycles. The number of piperidine rings is 1. The molecule has 0 aliphatic carbocycles. The number of carbonyl (C=O) groups is 1. The van der Waals surface area contributed by atoms with Gasteiger partial charge in [0.05, 0.1) is 5.41 Å². The molecular formula is C17H22F2N2O. The van der Waals surface area contributed by atoms with Crippen molar-refractivity contribution >= 4 is 5.91 Å². The van der Waals surface area contributed by atoms with E-state index in [0.29, 0.717) is 6.54 Å². The van der Waals surface area contributed by atoms with Crippen LogP contribution in [-0.2, 0) is 4.79 Å². The summed E-state index contributed by atoms with van der Waals surface area (Å²) in [7, 11) is 0. The topological polar surface area (TPSA) is 32.3 Å². The normalized spacial score (nSPS) is 24.5. The Kier molecular flexibility index (Phi) is 3.93. The second-order valence-corrected chi connectivity index (χ2v) is 6.68. The highest BCUT2D eigenvalue weighted by Crippen LogP contribution is 2.50. The summed E-state index contributed by atoms with van der Waals surface area (Å²) in [5.74, 6) is -1.58. The van der Waals surface area contributed by atoms with Crippen LogP contribution in [0.1, 0.15) is 38.2 Å². The number of halogens is 2. The van der Waals surface area contributed by atoms with E-state index in [1.165, 1.54) is 12.1 Å². The molecule has 0 saturated carbocycles. The Hall–Kier alpha value is -1.49. The second kappa shape index (κ2) is 5.61. The van der Waals surface area contributed by atoms with Gasteiger partial charge in [-0.1, -0.05) is 6.07 Å². The lowest BCUT2D eigenvalue weighted by molar-refractivity contribution is -0.139. The summed E-state index contributed by atoms with van der Waals surface area (Å²) < 4.78 is 26.9. The maximum Gasteiger partial charge on any atom is 0.229 e. The van der Waals surface area contributed by atoms with Crippen LogP contribution in [0.25, 0.3) is 0 Å². The molecule has 2 aliphatic heterocycles. The molecule has 1 amide bonds. The summed E-state index contributed by atoms with van der Waals surface area (Å²) in [6.07, 6.45) is 1.50. The number of amides is 1. The lowest BCUT2D eigenvalue weighted by Gasteiger charge is -2.37. The summed E-state index contributed by atoms with van der Waals surface area (Å²) in [6, 6.07) is 4.18. The van der Waals surface area contributed by atoms with Crippen molar-refractivity contribution in [2.75, 3.05) is 19.6 Å². The van der Waals surface area contributed by atoms with Crippen molar-refractivity contribution in [1.82, 2.24) is 10.2 Å². The minimum atomic E-state index is -0.840. The molecule has 0 aromatic heterocycles. The van der Waals surface area contributed by atoms with E-state index in [9.17, 15) is 13.6 Å². The Bertz CT molecular complexity index is 582. The van der Waals surface area contributed by atoms with Gasteiger partial charge in [-0.2, -0.15) is 0 Å². The Balaban J connectivity index is 2.02. The molecular weight excluding hydrogens is 286 g/mol. The fraction of sp³-hybridized carbons (Fsp3) is 0.588. The quantitative estimate of drug-likeness (QED) is 0.911. The molecule has 2 fully saturated rings. The largest absolute Gasteiger partial charge is 0.339 e. The number of benzene rings is 1. The van der Waals surface area contributed by atoms with Crippen LogP contribution < -0.4 is 5.32 Å². The van der Waals surface area contributed by atoms with Crippen LogP contribution in [0.15, 0.2) is 18.2 Å². The van der Waals surface area contributed by atoms with Gasteiger partial charge in [0, 0.05) is 18.5 Å². The lowest BCUT2D eigenvalue weighted by atomic mass is 9.68. The fourth-order valence-corrected chi connectivity index (χ4v) is 3.92. The van der Waals surface area contributed by atoms with Crippen LogP contribution in [0, 0.1) is 17.0 Å². The highest BCUT2D eigenvalue weighted by atomic mass is 19.2. The van der Waals surface area contributed by atoms with Crippen LogP contribution in [-0.4, -0.2) is 36.5 Å². The Morgan fingerprint density at radius 3 is 2.50 bits per heavy atom. The van der Waals surface area contributed by atoms with Crippen LogP contribution >= 0.6 is 0 Å². The van der Waals surface area contributed by atoms with Crippen molar-refractivity contribution in [2.24, 2.45) is 5.41 Å². The minimum absolute atomic E-state index is 0.0698. The number of rotatable bonds is 2. The average molecular weight is 308 g/mol. The molecule has 22 heavy (non-hydrogen) atoms. The predicted octanol–water partition coefficient (Wildman–Crippen LogP) is 2.67. The molecule has 0 bridgehead atoms. The zero-order chi connectivity index (χ0) is 15.9.